The fourth-order valence-corrected chi connectivity index (χ4v) is 5.21. The highest BCUT2D eigenvalue weighted by molar-refractivity contribution is 7.14. The van der Waals surface area contributed by atoms with Gasteiger partial charge in [-0.05, 0) is 63.6 Å². The second-order valence-corrected chi connectivity index (χ2v) is 11.1. The van der Waals surface area contributed by atoms with Crippen LogP contribution in [0, 0.1) is 5.82 Å². The Morgan fingerprint density at radius 2 is 1.77 bits per heavy atom. The van der Waals surface area contributed by atoms with E-state index in [2.05, 4.69) is 11.8 Å². The molecule has 1 aliphatic heterocycles. The number of aryl methyl sites for hydroxylation is 1. The molecule has 0 aliphatic carbocycles. The zero-order valence-electron chi connectivity index (χ0n) is 22.3. The van der Waals surface area contributed by atoms with Gasteiger partial charge >= 0.3 is 6.09 Å². The quantitative estimate of drug-likeness (QED) is 0.299. The Labute approximate surface area is 232 Å². The van der Waals surface area contributed by atoms with E-state index in [0.29, 0.717) is 26.2 Å². The van der Waals surface area contributed by atoms with E-state index in [1.165, 1.54) is 23.5 Å². The van der Waals surface area contributed by atoms with Crippen molar-refractivity contribution >= 4 is 39.8 Å². The van der Waals surface area contributed by atoms with Gasteiger partial charge in [-0.25, -0.2) is 19.2 Å². The van der Waals surface area contributed by atoms with Crippen molar-refractivity contribution in [1.82, 2.24) is 24.5 Å². The number of aromatic nitrogens is 4. The molecular weight excluding hydrogens is 517 g/mol. The minimum atomic E-state index is -0.515. The first-order valence-electron chi connectivity index (χ1n) is 12.7. The van der Waals surface area contributed by atoms with Crippen LogP contribution in [0.5, 0.6) is 0 Å². The van der Waals surface area contributed by atoms with E-state index in [1.807, 2.05) is 54.7 Å². The summed E-state index contributed by atoms with van der Waals surface area (Å²) in [5.74, 6) is 1.41. The number of carbonyl (C=O) groups is 1. The minimum absolute atomic E-state index is 0. The van der Waals surface area contributed by atoms with Gasteiger partial charge in [0.2, 0.25) is 0 Å². The van der Waals surface area contributed by atoms with Gasteiger partial charge in [0.05, 0.1) is 11.4 Å². The molecule has 0 spiro atoms. The number of imidazole rings is 1. The summed E-state index contributed by atoms with van der Waals surface area (Å²) in [6, 6.07) is 10.3. The summed E-state index contributed by atoms with van der Waals surface area (Å²) in [4.78, 5) is 28.0. The molecule has 1 amide bonds. The molecule has 39 heavy (non-hydrogen) atoms. The van der Waals surface area contributed by atoms with Gasteiger partial charge in [0.25, 0.3) is 0 Å². The maximum Gasteiger partial charge on any atom is 0.410 e. The van der Waals surface area contributed by atoms with Crippen LogP contribution in [-0.4, -0.2) is 69.4 Å². The second-order valence-electron chi connectivity index (χ2n) is 10.2. The third-order valence-electron chi connectivity index (χ3n) is 6.34. The van der Waals surface area contributed by atoms with E-state index < -0.39 is 5.60 Å². The third kappa shape index (κ3) is 5.98. The fourth-order valence-electron chi connectivity index (χ4n) is 4.41. The number of nitrogens with zero attached hydrogens (tertiary/aromatic N) is 7. The molecule has 0 unspecified atom stereocenters. The van der Waals surface area contributed by atoms with Crippen molar-refractivity contribution in [3.8, 4) is 11.3 Å². The van der Waals surface area contributed by atoms with E-state index in [4.69, 9.17) is 19.8 Å². The number of amides is 1. The lowest BCUT2D eigenvalue weighted by atomic mass is 10.2. The monoisotopic (exact) mass is 553 g/mol. The van der Waals surface area contributed by atoms with Gasteiger partial charge in [0.1, 0.15) is 17.2 Å². The van der Waals surface area contributed by atoms with Gasteiger partial charge < -0.3 is 19.4 Å². The topological polar surface area (TPSA) is 79.1 Å². The largest absolute Gasteiger partial charge is 0.444 e. The van der Waals surface area contributed by atoms with E-state index in [-0.39, 0.29) is 19.3 Å². The van der Waals surface area contributed by atoms with Crippen LogP contribution in [-0.2, 0) is 11.2 Å². The number of ether oxygens (including phenoxy) is 1. The van der Waals surface area contributed by atoms with Gasteiger partial charge in [0, 0.05) is 44.2 Å². The predicted molar refractivity (Wildman–Crippen MR) is 155 cm³/mol. The molecule has 3 aromatic heterocycles. The van der Waals surface area contributed by atoms with Gasteiger partial charge in [-0.1, -0.05) is 14.4 Å². The normalized spacial score (nSPS) is 13.9. The number of fused-ring (bicyclic) bond motifs is 1. The Balaban J connectivity index is 0.00000353. The molecule has 0 radical (unpaired) electrons. The molecule has 1 aliphatic rings. The summed E-state index contributed by atoms with van der Waals surface area (Å²) in [6.07, 6.45) is 0.457. The van der Waals surface area contributed by atoms with Crippen LogP contribution in [0.15, 0.2) is 41.8 Å². The Kier molecular flexibility index (Phi) is 8.10. The predicted octanol–water partition coefficient (Wildman–Crippen LogP) is 6.02. The smallest absolute Gasteiger partial charge is 0.410 e. The van der Waals surface area contributed by atoms with E-state index >= 15 is 0 Å². The summed E-state index contributed by atoms with van der Waals surface area (Å²) in [5, 5.41) is 7.72. The molecule has 11 heteroatoms. The van der Waals surface area contributed by atoms with Gasteiger partial charge in [-0.3, -0.25) is 0 Å². The zero-order chi connectivity index (χ0) is 27.0. The van der Waals surface area contributed by atoms with Gasteiger partial charge in [-0.15, -0.1) is 16.4 Å². The molecule has 0 saturated carbocycles. The van der Waals surface area contributed by atoms with E-state index in [0.717, 1.165) is 45.8 Å². The SMILES string of the molecule is C.CCc1nc2ccc(N3CCN(C(=O)OC(C)(C)C)CC3)nn2c1N(C)c1nc(-c2ccc(F)cc2)cs1. The highest BCUT2D eigenvalue weighted by Crippen LogP contribution is 2.33. The minimum Gasteiger partial charge on any atom is -0.444 e. The lowest BCUT2D eigenvalue weighted by Crippen LogP contribution is -2.50. The number of halogens is 1. The lowest BCUT2D eigenvalue weighted by Gasteiger charge is -2.36. The molecule has 1 saturated heterocycles. The fraction of sp³-hybridized carbons (Fsp3) is 0.429. The van der Waals surface area contributed by atoms with Crippen LogP contribution in [0.3, 0.4) is 0 Å². The van der Waals surface area contributed by atoms with Crippen LogP contribution in [0.1, 0.15) is 40.8 Å². The number of thiazole rings is 1. The average molecular weight is 554 g/mol. The Hall–Kier alpha value is -3.73. The Morgan fingerprint density at radius 1 is 1.08 bits per heavy atom. The zero-order valence-corrected chi connectivity index (χ0v) is 23.1. The average Bonchev–Trinajstić information content (AvgIpc) is 3.53. The van der Waals surface area contributed by atoms with E-state index in [9.17, 15) is 9.18 Å². The van der Waals surface area contributed by atoms with Crippen LogP contribution >= 0.6 is 11.3 Å². The second kappa shape index (κ2) is 11.2. The molecule has 0 N–H and O–H groups in total. The van der Waals surface area contributed by atoms with Gasteiger partial charge in [0.15, 0.2) is 16.6 Å². The number of rotatable bonds is 5. The van der Waals surface area contributed by atoms with Gasteiger partial charge in [-0.2, -0.15) is 4.52 Å². The maximum absolute atomic E-state index is 13.4. The molecule has 0 bridgehead atoms. The molecule has 0 atom stereocenters. The Bertz CT molecular complexity index is 1440. The number of hydrogen-bond donors (Lipinski definition) is 0. The third-order valence-corrected chi connectivity index (χ3v) is 7.25. The molecule has 5 rings (SSSR count). The first kappa shape index (κ1) is 28.3. The Morgan fingerprint density at radius 3 is 2.41 bits per heavy atom. The summed E-state index contributed by atoms with van der Waals surface area (Å²) in [5.41, 5.74) is 2.82. The number of hydrogen-bond acceptors (Lipinski definition) is 8. The first-order chi connectivity index (χ1) is 18.1. The van der Waals surface area contributed by atoms with Crippen molar-refractivity contribution in [1.29, 1.82) is 0 Å². The number of benzene rings is 1. The van der Waals surface area contributed by atoms with Crippen LogP contribution in [0.4, 0.5) is 26.0 Å². The summed E-state index contributed by atoms with van der Waals surface area (Å²) >= 11 is 1.51. The van der Waals surface area contributed by atoms with Crippen molar-refractivity contribution in [2.45, 2.75) is 47.1 Å². The van der Waals surface area contributed by atoms with Crippen LogP contribution < -0.4 is 9.80 Å². The standard InChI is InChI=1S/C27H32FN7O2S.CH4/c1-6-20-24(32(5)25-30-21(17-38-25)18-7-9-19(28)10-8-18)35-22(29-20)11-12-23(31-35)33-13-15-34(16-14-33)26(36)37-27(2,3)4;/h7-12,17H,6,13-16H2,1-5H3;1H4. The summed E-state index contributed by atoms with van der Waals surface area (Å²) < 4.78 is 20.8. The van der Waals surface area contributed by atoms with Crippen molar-refractivity contribution in [2.75, 3.05) is 43.0 Å². The maximum atomic E-state index is 13.4. The highest BCUT2D eigenvalue weighted by Gasteiger charge is 2.27. The van der Waals surface area contributed by atoms with Crippen LogP contribution in [0.25, 0.3) is 16.9 Å². The number of carbonyl (C=O) groups excluding carboxylic acids is 1. The molecule has 1 fully saturated rings. The van der Waals surface area contributed by atoms with E-state index in [1.54, 1.807) is 17.0 Å². The summed E-state index contributed by atoms with van der Waals surface area (Å²) in [7, 11) is 1.96. The highest BCUT2D eigenvalue weighted by atomic mass is 32.1. The van der Waals surface area contributed by atoms with Crippen molar-refractivity contribution in [3.63, 3.8) is 0 Å². The molecule has 208 valence electrons. The molecule has 4 aromatic rings. The number of piperazine rings is 1. The lowest BCUT2D eigenvalue weighted by molar-refractivity contribution is 0.0240. The van der Waals surface area contributed by atoms with Crippen molar-refractivity contribution in [2.24, 2.45) is 0 Å². The number of anilines is 3. The van der Waals surface area contributed by atoms with Crippen molar-refractivity contribution < 1.29 is 13.9 Å². The molecule has 4 heterocycles. The first-order valence-corrected chi connectivity index (χ1v) is 13.6. The van der Waals surface area contributed by atoms with Crippen molar-refractivity contribution in [3.05, 3.63) is 53.3 Å². The molecule has 9 nitrogen and oxygen atoms in total. The summed E-state index contributed by atoms with van der Waals surface area (Å²) in [6.45, 7) is 10.1. The molecule has 1 aromatic carbocycles. The van der Waals surface area contributed by atoms with Crippen LogP contribution in [0.2, 0.25) is 0 Å². The molecular formula is C28H36FN7O2S.